The maximum Gasteiger partial charge on any atom is 0.265 e. The number of halogens is 1. The number of phenolic OH excluding ortho intramolecular Hbond substituents is 1. The van der Waals surface area contributed by atoms with E-state index in [0.717, 1.165) is 18.4 Å². The number of amides is 2. The van der Waals surface area contributed by atoms with Gasteiger partial charge in [-0.2, -0.15) is 0 Å². The summed E-state index contributed by atoms with van der Waals surface area (Å²) in [5, 5.41) is 15.3. The van der Waals surface area contributed by atoms with Crippen molar-refractivity contribution in [3.63, 3.8) is 0 Å². The number of rotatable bonds is 12. The molecule has 37 heavy (non-hydrogen) atoms. The van der Waals surface area contributed by atoms with E-state index in [1.807, 2.05) is 13.0 Å². The van der Waals surface area contributed by atoms with Crippen LogP contribution in [0, 0.1) is 0 Å². The van der Waals surface area contributed by atoms with Gasteiger partial charge in [0, 0.05) is 11.6 Å². The number of alkyl halides is 1. The van der Waals surface area contributed by atoms with Crippen LogP contribution in [0.2, 0.25) is 0 Å². The molecule has 2 aromatic rings. The Kier molecular flexibility index (Phi) is 10.1. The molecule has 6 nitrogen and oxygen atoms in total. The molecule has 0 radical (unpaired) electrons. The Morgan fingerprint density at radius 2 is 1.59 bits per heavy atom. The minimum atomic E-state index is -1.30. The normalized spacial score (nSPS) is 13.5. The van der Waals surface area contributed by atoms with Crippen LogP contribution >= 0.6 is 0 Å². The van der Waals surface area contributed by atoms with Gasteiger partial charge in [-0.1, -0.05) is 60.6 Å². The van der Waals surface area contributed by atoms with Crippen LogP contribution in [0.4, 0.5) is 15.8 Å². The summed E-state index contributed by atoms with van der Waals surface area (Å²) in [5.74, 6) is -0.366. The molecule has 2 atom stereocenters. The van der Waals surface area contributed by atoms with Gasteiger partial charge in [0.05, 0.1) is 17.8 Å². The molecule has 0 aliphatic heterocycles. The summed E-state index contributed by atoms with van der Waals surface area (Å²) < 4.78 is 19.6. The largest absolute Gasteiger partial charge is 0.508 e. The summed E-state index contributed by atoms with van der Waals surface area (Å²) in [4.78, 5) is 25.4. The number of aromatic hydroxyl groups is 1. The fourth-order valence-corrected chi connectivity index (χ4v) is 3.87. The van der Waals surface area contributed by atoms with Gasteiger partial charge in [-0.15, -0.1) is 0 Å². The molecule has 2 unspecified atom stereocenters. The van der Waals surface area contributed by atoms with E-state index in [1.54, 1.807) is 0 Å². The van der Waals surface area contributed by atoms with Crippen LogP contribution in [0.5, 0.6) is 11.5 Å². The molecule has 3 N–H and O–H groups in total. The predicted octanol–water partition coefficient (Wildman–Crippen LogP) is 7.25. The molecular weight excluding hydrogens is 471 g/mol. The zero-order valence-electron chi connectivity index (χ0n) is 23.5. The van der Waals surface area contributed by atoms with Gasteiger partial charge in [0.15, 0.2) is 6.10 Å². The Labute approximate surface area is 221 Å². The Morgan fingerprint density at radius 1 is 0.946 bits per heavy atom. The average molecular weight is 515 g/mol. The number of phenols is 1. The first-order chi connectivity index (χ1) is 17.2. The number of anilines is 2. The van der Waals surface area contributed by atoms with Crippen LogP contribution in [0.1, 0.15) is 92.2 Å². The number of hydrogen-bond acceptors (Lipinski definition) is 4. The first-order valence-corrected chi connectivity index (χ1v) is 13.1. The van der Waals surface area contributed by atoms with Crippen LogP contribution in [0.3, 0.4) is 0 Å². The summed E-state index contributed by atoms with van der Waals surface area (Å²) in [6.45, 7) is 16.2. The van der Waals surface area contributed by atoms with Crippen molar-refractivity contribution in [3.05, 3.63) is 47.5 Å². The number of nitrogens with one attached hydrogen (secondary N) is 2. The summed E-state index contributed by atoms with van der Waals surface area (Å²) >= 11 is 0. The second-order valence-electron chi connectivity index (χ2n) is 11.0. The van der Waals surface area contributed by atoms with Crippen LogP contribution in [-0.4, -0.2) is 29.2 Å². The standard InChI is InChI=1S/C30H43FN2O4/c1-9-25(28(36)33-24-18-21(34)13-14-23(24)32-27(35)16-19(4)31)37-26-15-12-20(29(5,6)10-2)17-22(26)30(7,8)11-3/h12-15,17-19,25,34H,9-11,16H2,1-8H3,(H,32,35)(H,33,36). The molecule has 0 saturated carbocycles. The van der Waals surface area contributed by atoms with Gasteiger partial charge in [-0.05, 0) is 60.8 Å². The molecule has 0 fully saturated rings. The maximum absolute atomic E-state index is 13.3. The molecule has 7 heteroatoms. The van der Waals surface area contributed by atoms with Crippen molar-refractivity contribution in [2.45, 2.75) is 104 Å². The highest BCUT2D eigenvalue weighted by Crippen LogP contribution is 2.39. The minimum Gasteiger partial charge on any atom is -0.508 e. The van der Waals surface area contributed by atoms with E-state index in [2.05, 4.69) is 64.3 Å². The van der Waals surface area contributed by atoms with Crippen molar-refractivity contribution in [3.8, 4) is 11.5 Å². The van der Waals surface area contributed by atoms with Crippen molar-refractivity contribution < 1.29 is 23.8 Å². The molecule has 0 heterocycles. The SMILES string of the molecule is CCC(Oc1ccc(C(C)(C)CC)cc1C(C)(C)CC)C(=O)Nc1cc(O)ccc1NC(=O)CC(C)F. The highest BCUT2D eigenvalue weighted by molar-refractivity contribution is 6.01. The zero-order valence-corrected chi connectivity index (χ0v) is 23.5. The minimum absolute atomic E-state index is 0.00866. The van der Waals surface area contributed by atoms with E-state index in [0.29, 0.717) is 12.2 Å². The molecule has 2 rings (SSSR count). The number of hydrogen-bond donors (Lipinski definition) is 3. The number of carbonyl (C=O) groups excluding carboxylic acids is 2. The summed E-state index contributed by atoms with van der Waals surface area (Å²) in [6, 6.07) is 10.4. The molecule has 0 aliphatic carbocycles. The zero-order chi connectivity index (χ0) is 28.0. The first-order valence-electron chi connectivity index (χ1n) is 13.1. The Balaban J connectivity index is 2.35. The van der Waals surface area contributed by atoms with Crippen LogP contribution in [-0.2, 0) is 20.4 Å². The fourth-order valence-electron chi connectivity index (χ4n) is 3.87. The van der Waals surface area contributed by atoms with Gasteiger partial charge < -0.3 is 20.5 Å². The summed E-state index contributed by atoms with van der Waals surface area (Å²) in [7, 11) is 0. The lowest BCUT2D eigenvalue weighted by Gasteiger charge is -2.31. The molecule has 2 aromatic carbocycles. The molecule has 0 aromatic heterocycles. The third-order valence-corrected chi connectivity index (χ3v) is 7.19. The highest BCUT2D eigenvalue weighted by atomic mass is 19.1. The molecule has 0 aliphatic rings. The average Bonchev–Trinajstić information content (AvgIpc) is 2.83. The van der Waals surface area contributed by atoms with Crippen LogP contribution in [0.25, 0.3) is 0 Å². The Morgan fingerprint density at radius 3 is 2.16 bits per heavy atom. The van der Waals surface area contributed by atoms with Gasteiger partial charge in [-0.3, -0.25) is 9.59 Å². The van der Waals surface area contributed by atoms with Crippen LogP contribution < -0.4 is 15.4 Å². The predicted molar refractivity (Wildman–Crippen MR) is 148 cm³/mol. The second-order valence-corrected chi connectivity index (χ2v) is 11.0. The van der Waals surface area contributed by atoms with E-state index in [9.17, 15) is 19.1 Å². The third-order valence-electron chi connectivity index (χ3n) is 7.19. The van der Waals surface area contributed by atoms with Gasteiger partial charge in [0.25, 0.3) is 5.91 Å². The van der Waals surface area contributed by atoms with E-state index in [-0.39, 0.29) is 34.4 Å². The quantitative estimate of drug-likeness (QED) is 0.260. The number of benzene rings is 2. The van der Waals surface area contributed by atoms with Crippen molar-refractivity contribution >= 4 is 23.2 Å². The van der Waals surface area contributed by atoms with Crippen molar-refractivity contribution in [2.75, 3.05) is 10.6 Å². The second kappa shape index (κ2) is 12.4. The maximum atomic E-state index is 13.3. The van der Waals surface area contributed by atoms with Gasteiger partial charge in [-0.25, -0.2) is 4.39 Å². The Hall–Kier alpha value is -3.09. The summed E-state index contributed by atoms with van der Waals surface area (Å²) in [6.07, 6.45) is -0.134. The molecule has 0 saturated heterocycles. The lowest BCUT2D eigenvalue weighted by atomic mass is 9.76. The van der Waals surface area contributed by atoms with Crippen LogP contribution in [0.15, 0.2) is 36.4 Å². The number of ether oxygens (including phenoxy) is 1. The lowest BCUT2D eigenvalue weighted by molar-refractivity contribution is -0.123. The molecular formula is C30H43FN2O4. The molecule has 0 spiro atoms. The topological polar surface area (TPSA) is 87.7 Å². The van der Waals surface area contributed by atoms with E-state index >= 15 is 0 Å². The fraction of sp³-hybridized carbons (Fsp3) is 0.533. The van der Waals surface area contributed by atoms with E-state index in [1.165, 1.54) is 30.7 Å². The van der Waals surface area contributed by atoms with Crippen molar-refractivity contribution in [1.82, 2.24) is 0 Å². The lowest BCUT2D eigenvalue weighted by Crippen LogP contribution is -2.33. The Bertz CT molecular complexity index is 1090. The molecule has 0 bridgehead atoms. The smallest absolute Gasteiger partial charge is 0.265 e. The molecule has 204 valence electrons. The van der Waals surface area contributed by atoms with E-state index in [4.69, 9.17) is 4.74 Å². The third kappa shape index (κ3) is 7.94. The number of carbonyl (C=O) groups is 2. The summed E-state index contributed by atoms with van der Waals surface area (Å²) in [5.41, 5.74) is 2.59. The van der Waals surface area contributed by atoms with Crippen molar-refractivity contribution in [1.29, 1.82) is 0 Å². The van der Waals surface area contributed by atoms with Gasteiger partial charge in [0.1, 0.15) is 17.7 Å². The van der Waals surface area contributed by atoms with E-state index < -0.39 is 24.1 Å². The van der Waals surface area contributed by atoms with Gasteiger partial charge in [0.2, 0.25) is 5.91 Å². The highest BCUT2D eigenvalue weighted by Gasteiger charge is 2.29. The molecule has 2 amide bonds. The first kappa shape index (κ1) is 30.1. The monoisotopic (exact) mass is 514 g/mol. The van der Waals surface area contributed by atoms with Crippen molar-refractivity contribution in [2.24, 2.45) is 0 Å². The van der Waals surface area contributed by atoms with Gasteiger partial charge >= 0.3 is 0 Å².